The first-order valence-electron chi connectivity index (χ1n) is 6.71. The average molecular weight is 335 g/mol. The number of carboxylic acids is 1. The Kier molecular flexibility index (Phi) is 5.57. The maximum atomic E-state index is 12.2. The van der Waals surface area contributed by atoms with Gasteiger partial charge in [-0.25, -0.2) is 0 Å². The first-order valence-corrected chi connectivity index (χ1v) is 7.86. The Morgan fingerprint density at radius 3 is 2.64 bits per heavy atom. The second-order valence-corrected chi connectivity index (χ2v) is 6.09. The van der Waals surface area contributed by atoms with E-state index in [1.165, 1.54) is 18.2 Å². The molecule has 0 bridgehead atoms. The summed E-state index contributed by atoms with van der Waals surface area (Å²) in [5.74, 6) is 0.689. The number of hydrogen-bond acceptors (Lipinski definition) is 4. The molecule has 1 aliphatic heterocycles. The van der Waals surface area contributed by atoms with Gasteiger partial charge in [-0.05, 0) is 17.7 Å². The van der Waals surface area contributed by atoms with Crippen LogP contribution in [-0.2, 0) is 4.79 Å². The Morgan fingerprint density at radius 1 is 1.36 bits per heavy atom. The van der Waals surface area contributed by atoms with E-state index < -0.39 is 24.8 Å². The Labute approximate surface area is 130 Å². The molecule has 4 nitrogen and oxygen atoms in total. The molecule has 122 valence electrons. The van der Waals surface area contributed by atoms with Crippen molar-refractivity contribution < 1.29 is 27.8 Å². The highest BCUT2D eigenvalue weighted by Gasteiger charge is 2.30. The van der Waals surface area contributed by atoms with Gasteiger partial charge in [-0.3, -0.25) is 9.69 Å². The van der Waals surface area contributed by atoms with Gasteiger partial charge in [0.2, 0.25) is 0 Å². The van der Waals surface area contributed by atoms with Crippen LogP contribution in [0.15, 0.2) is 24.3 Å². The van der Waals surface area contributed by atoms with Crippen LogP contribution in [-0.4, -0.2) is 53.4 Å². The van der Waals surface area contributed by atoms with Gasteiger partial charge in [0.1, 0.15) is 11.8 Å². The zero-order valence-corrected chi connectivity index (χ0v) is 12.5. The smallest absolute Gasteiger partial charge is 0.422 e. The Morgan fingerprint density at radius 2 is 2.05 bits per heavy atom. The third-order valence-corrected chi connectivity index (χ3v) is 4.16. The lowest BCUT2D eigenvalue weighted by Gasteiger charge is -2.32. The lowest BCUT2D eigenvalue weighted by atomic mass is 10.0. The Hall–Kier alpha value is -1.41. The second kappa shape index (κ2) is 7.23. The number of alkyl halides is 3. The fourth-order valence-electron chi connectivity index (χ4n) is 2.28. The molecule has 0 aromatic heterocycles. The van der Waals surface area contributed by atoms with E-state index in [2.05, 4.69) is 4.74 Å². The summed E-state index contributed by atoms with van der Waals surface area (Å²) in [4.78, 5) is 13.4. The minimum Gasteiger partial charge on any atom is -0.484 e. The molecule has 1 saturated heterocycles. The summed E-state index contributed by atoms with van der Waals surface area (Å²) >= 11 is 1.75. The van der Waals surface area contributed by atoms with E-state index in [0.717, 1.165) is 11.5 Å². The van der Waals surface area contributed by atoms with E-state index in [-0.39, 0.29) is 5.75 Å². The third-order valence-electron chi connectivity index (χ3n) is 3.22. The van der Waals surface area contributed by atoms with Gasteiger partial charge in [-0.2, -0.15) is 24.9 Å². The van der Waals surface area contributed by atoms with Gasteiger partial charge in [0.05, 0.1) is 0 Å². The van der Waals surface area contributed by atoms with Gasteiger partial charge in [-0.15, -0.1) is 0 Å². The van der Waals surface area contributed by atoms with Crippen LogP contribution in [0.5, 0.6) is 5.75 Å². The molecule has 1 aliphatic rings. The van der Waals surface area contributed by atoms with Crippen molar-refractivity contribution in [3.8, 4) is 5.75 Å². The highest BCUT2D eigenvalue weighted by atomic mass is 32.2. The van der Waals surface area contributed by atoms with Crippen LogP contribution in [0, 0.1) is 0 Å². The lowest BCUT2D eigenvalue weighted by Crippen LogP contribution is -2.39. The maximum Gasteiger partial charge on any atom is 0.422 e. The number of rotatable bonds is 5. The molecule has 1 unspecified atom stereocenters. The first-order chi connectivity index (χ1) is 10.4. The van der Waals surface area contributed by atoms with Crippen molar-refractivity contribution in [3.05, 3.63) is 29.8 Å². The fourth-order valence-corrected chi connectivity index (χ4v) is 3.22. The van der Waals surface area contributed by atoms with E-state index >= 15 is 0 Å². The fraction of sp³-hybridized carbons (Fsp3) is 0.500. The minimum atomic E-state index is -4.42. The molecule has 8 heteroatoms. The zero-order valence-electron chi connectivity index (χ0n) is 11.7. The number of carbonyl (C=O) groups is 1. The van der Waals surface area contributed by atoms with Crippen molar-refractivity contribution in [3.63, 3.8) is 0 Å². The van der Waals surface area contributed by atoms with Gasteiger partial charge < -0.3 is 9.84 Å². The van der Waals surface area contributed by atoms with Crippen LogP contribution in [0.2, 0.25) is 0 Å². The predicted molar refractivity (Wildman–Crippen MR) is 77.3 cm³/mol. The SMILES string of the molecule is O=C(O)C(c1cccc(OCC(F)(F)F)c1)N1CCSCC1. The summed E-state index contributed by atoms with van der Waals surface area (Å²) in [7, 11) is 0. The van der Waals surface area contributed by atoms with E-state index in [0.29, 0.717) is 18.7 Å². The number of aliphatic carboxylic acids is 1. The van der Waals surface area contributed by atoms with Gasteiger partial charge in [0.15, 0.2) is 6.61 Å². The van der Waals surface area contributed by atoms with Crippen LogP contribution in [0.4, 0.5) is 13.2 Å². The lowest BCUT2D eigenvalue weighted by molar-refractivity contribution is -0.153. The van der Waals surface area contributed by atoms with Crippen molar-refractivity contribution in [2.45, 2.75) is 12.2 Å². The van der Waals surface area contributed by atoms with Gasteiger partial charge in [-0.1, -0.05) is 12.1 Å². The summed E-state index contributed by atoms with van der Waals surface area (Å²) in [6.45, 7) is -0.126. The topological polar surface area (TPSA) is 49.8 Å². The van der Waals surface area contributed by atoms with Crippen molar-refractivity contribution in [1.29, 1.82) is 0 Å². The molecule has 1 N–H and O–H groups in total. The number of hydrogen-bond donors (Lipinski definition) is 1. The van der Waals surface area contributed by atoms with E-state index in [1.807, 2.05) is 4.90 Å². The van der Waals surface area contributed by atoms with Crippen molar-refractivity contribution in [1.82, 2.24) is 4.90 Å². The molecule has 0 saturated carbocycles. The molecular formula is C14H16F3NO3S. The van der Waals surface area contributed by atoms with Crippen molar-refractivity contribution >= 4 is 17.7 Å². The number of ether oxygens (including phenoxy) is 1. The molecule has 1 atom stereocenters. The van der Waals surface area contributed by atoms with Crippen molar-refractivity contribution in [2.24, 2.45) is 0 Å². The average Bonchev–Trinajstić information content (AvgIpc) is 2.46. The highest BCUT2D eigenvalue weighted by Crippen LogP contribution is 2.28. The van der Waals surface area contributed by atoms with Crippen molar-refractivity contribution in [2.75, 3.05) is 31.2 Å². The standard InChI is InChI=1S/C14H16F3NO3S/c15-14(16,17)9-21-11-3-1-2-10(8-11)12(13(19)20)18-4-6-22-7-5-18/h1-3,8,12H,4-7,9H2,(H,19,20). The van der Waals surface area contributed by atoms with Crippen LogP contribution >= 0.6 is 11.8 Å². The Bertz CT molecular complexity index is 518. The molecule has 0 amide bonds. The molecule has 2 rings (SSSR count). The largest absolute Gasteiger partial charge is 0.484 e. The summed E-state index contributed by atoms with van der Waals surface area (Å²) in [6.07, 6.45) is -4.42. The normalized spacial score (nSPS) is 18.0. The first kappa shape index (κ1) is 17.0. The maximum absolute atomic E-state index is 12.2. The minimum absolute atomic E-state index is 0.0208. The number of halogens is 3. The third kappa shape index (κ3) is 4.81. The molecule has 1 heterocycles. The predicted octanol–water partition coefficient (Wildman–Crippen LogP) is 2.80. The van der Waals surface area contributed by atoms with Gasteiger partial charge >= 0.3 is 12.1 Å². The molecular weight excluding hydrogens is 319 g/mol. The quantitative estimate of drug-likeness (QED) is 0.897. The molecule has 1 aromatic rings. The van der Waals surface area contributed by atoms with E-state index in [9.17, 15) is 23.1 Å². The van der Waals surface area contributed by atoms with Gasteiger partial charge in [0.25, 0.3) is 0 Å². The molecule has 1 fully saturated rings. The number of thioether (sulfide) groups is 1. The molecule has 22 heavy (non-hydrogen) atoms. The van der Waals surface area contributed by atoms with Crippen LogP contribution in [0.25, 0.3) is 0 Å². The molecule has 0 aliphatic carbocycles. The second-order valence-electron chi connectivity index (χ2n) is 4.87. The number of carboxylic acid groups (broad SMARTS) is 1. The van der Waals surface area contributed by atoms with Crippen LogP contribution in [0.3, 0.4) is 0 Å². The van der Waals surface area contributed by atoms with E-state index in [4.69, 9.17) is 0 Å². The van der Waals surface area contributed by atoms with Crippen LogP contribution in [0.1, 0.15) is 11.6 Å². The molecule has 0 spiro atoms. The molecule has 0 radical (unpaired) electrons. The summed E-state index contributed by atoms with van der Waals surface area (Å²) in [6, 6.07) is 5.00. The molecule has 1 aromatic carbocycles. The monoisotopic (exact) mass is 335 g/mol. The summed E-state index contributed by atoms with van der Waals surface area (Å²) in [5.41, 5.74) is 0.430. The van der Waals surface area contributed by atoms with E-state index in [1.54, 1.807) is 17.8 Å². The number of nitrogens with zero attached hydrogens (tertiary/aromatic N) is 1. The highest BCUT2D eigenvalue weighted by molar-refractivity contribution is 7.99. The van der Waals surface area contributed by atoms with Gasteiger partial charge in [0, 0.05) is 24.6 Å². The van der Waals surface area contributed by atoms with Crippen LogP contribution < -0.4 is 4.74 Å². The summed E-state index contributed by atoms with van der Waals surface area (Å²) < 4.78 is 41.3. The summed E-state index contributed by atoms with van der Waals surface area (Å²) in [5, 5.41) is 9.46. The zero-order chi connectivity index (χ0) is 16.2. The number of benzene rings is 1. The Balaban J connectivity index is 2.15.